The molecule has 1 aromatic heterocycles. The second kappa shape index (κ2) is 7.81. The summed E-state index contributed by atoms with van der Waals surface area (Å²) in [6.07, 6.45) is -2.30. The Balaban J connectivity index is 2.23. The van der Waals surface area contributed by atoms with Crippen LogP contribution in [-0.4, -0.2) is 47.9 Å². The number of sulfone groups is 1. The molecular weight excluding hydrogens is 373 g/mol. The van der Waals surface area contributed by atoms with Gasteiger partial charge >= 0.3 is 6.18 Å². The zero-order chi connectivity index (χ0) is 19.5. The molecule has 1 atom stereocenters. The first-order valence-corrected chi connectivity index (χ1v) is 10.1. The Bertz CT molecular complexity index is 818. The fourth-order valence-corrected chi connectivity index (χ4v) is 4.65. The van der Waals surface area contributed by atoms with Gasteiger partial charge in [-0.15, -0.1) is 0 Å². The lowest BCUT2D eigenvalue weighted by Crippen LogP contribution is -2.44. The van der Waals surface area contributed by atoms with Gasteiger partial charge in [-0.3, -0.25) is 9.59 Å². The van der Waals surface area contributed by atoms with Crippen molar-refractivity contribution in [3.8, 4) is 0 Å². The summed E-state index contributed by atoms with van der Waals surface area (Å²) in [7, 11) is -3.22. The Kier molecular flexibility index (Phi) is 6.15. The molecule has 0 spiro atoms. The number of halogens is 3. The second-order valence-electron chi connectivity index (χ2n) is 6.38. The van der Waals surface area contributed by atoms with Crippen LogP contribution >= 0.6 is 0 Å². The SMILES string of the molecule is CCCCN(C(=O)Cn1cc(C(F)(F)F)ccc1=O)C1CCS(=O)(=O)C1. The number of nitrogens with zero attached hydrogens (tertiary/aromatic N) is 2. The van der Waals surface area contributed by atoms with E-state index in [1.54, 1.807) is 0 Å². The molecule has 0 aromatic carbocycles. The maximum atomic E-state index is 12.8. The quantitative estimate of drug-likeness (QED) is 0.736. The minimum atomic E-state index is -4.63. The molecule has 1 saturated heterocycles. The smallest absolute Gasteiger partial charge is 0.337 e. The number of hydrogen-bond acceptors (Lipinski definition) is 4. The van der Waals surface area contributed by atoms with E-state index in [2.05, 4.69) is 0 Å². The van der Waals surface area contributed by atoms with Crippen molar-refractivity contribution in [2.75, 3.05) is 18.1 Å². The van der Waals surface area contributed by atoms with Gasteiger partial charge in [0.15, 0.2) is 9.84 Å². The average molecular weight is 394 g/mol. The van der Waals surface area contributed by atoms with Gasteiger partial charge in [-0.1, -0.05) is 13.3 Å². The van der Waals surface area contributed by atoms with E-state index in [1.165, 1.54) is 4.90 Å². The zero-order valence-corrected chi connectivity index (χ0v) is 15.1. The molecule has 0 saturated carbocycles. The monoisotopic (exact) mass is 394 g/mol. The maximum absolute atomic E-state index is 12.8. The molecule has 2 rings (SSSR count). The largest absolute Gasteiger partial charge is 0.417 e. The van der Waals surface area contributed by atoms with E-state index in [0.29, 0.717) is 36.2 Å². The van der Waals surface area contributed by atoms with E-state index in [4.69, 9.17) is 0 Å². The fourth-order valence-electron chi connectivity index (χ4n) is 2.92. The molecular formula is C16H21F3N2O4S. The van der Waals surface area contributed by atoms with E-state index in [-0.39, 0.29) is 11.5 Å². The van der Waals surface area contributed by atoms with E-state index >= 15 is 0 Å². The minimum Gasteiger partial charge on any atom is -0.337 e. The number of unbranched alkanes of at least 4 members (excludes halogenated alkanes) is 1. The fraction of sp³-hybridized carbons (Fsp3) is 0.625. The number of carbonyl (C=O) groups is 1. The molecule has 1 amide bonds. The first-order chi connectivity index (χ1) is 12.0. The highest BCUT2D eigenvalue weighted by molar-refractivity contribution is 7.91. The van der Waals surface area contributed by atoms with E-state index in [9.17, 15) is 31.2 Å². The van der Waals surface area contributed by atoms with Crippen molar-refractivity contribution >= 4 is 15.7 Å². The molecule has 1 fully saturated rings. The molecule has 1 aliphatic heterocycles. The average Bonchev–Trinajstić information content (AvgIpc) is 2.88. The van der Waals surface area contributed by atoms with Crippen LogP contribution in [0.1, 0.15) is 31.7 Å². The summed E-state index contributed by atoms with van der Waals surface area (Å²) in [5.41, 5.74) is -1.74. The highest BCUT2D eigenvalue weighted by atomic mass is 32.2. The molecule has 1 aromatic rings. The molecule has 10 heteroatoms. The van der Waals surface area contributed by atoms with Crippen LogP contribution in [-0.2, 0) is 27.4 Å². The van der Waals surface area contributed by atoms with Crippen LogP contribution in [0.4, 0.5) is 13.2 Å². The molecule has 146 valence electrons. The van der Waals surface area contributed by atoms with Crippen LogP contribution in [0.15, 0.2) is 23.1 Å². The predicted octanol–water partition coefficient (Wildman–Crippen LogP) is 1.68. The Labute approximate surface area is 149 Å². The van der Waals surface area contributed by atoms with Crippen molar-refractivity contribution in [2.24, 2.45) is 0 Å². The summed E-state index contributed by atoms with van der Waals surface area (Å²) in [5.74, 6) is -0.723. The zero-order valence-electron chi connectivity index (χ0n) is 14.3. The van der Waals surface area contributed by atoms with Crippen molar-refractivity contribution < 1.29 is 26.4 Å². The number of alkyl halides is 3. The van der Waals surface area contributed by atoms with Gasteiger partial charge in [-0.25, -0.2) is 8.42 Å². The number of amides is 1. The van der Waals surface area contributed by atoms with E-state index in [0.717, 1.165) is 12.5 Å². The van der Waals surface area contributed by atoms with Crippen molar-refractivity contribution in [3.05, 3.63) is 34.2 Å². The van der Waals surface area contributed by atoms with Crippen molar-refractivity contribution in [3.63, 3.8) is 0 Å². The summed E-state index contributed by atoms with van der Waals surface area (Å²) in [4.78, 5) is 25.8. The summed E-state index contributed by atoms with van der Waals surface area (Å²) < 4.78 is 62.5. The molecule has 0 radical (unpaired) electrons. The van der Waals surface area contributed by atoms with Gasteiger partial charge in [0.1, 0.15) is 6.54 Å². The van der Waals surface area contributed by atoms with Crippen LogP contribution in [0.3, 0.4) is 0 Å². The van der Waals surface area contributed by atoms with E-state index < -0.39 is 45.6 Å². The number of pyridine rings is 1. The number of carbonyl (C=O) groups excluding carboxylic acids is 1. The molecule has 1 aliphatic rings. The number of hydrogen-bond donors (Lipinski definition) is 0. The first kappa shape index (κ1) is 20.5. The van der Waals surface area contributed by atoms with E-state index in [1.807, 2.05) is 6.92 Å². The van der Waals surface area contributed by atoms with Gasteiger partial charge in [0.25, 0.3) is 5.56 Å². The van der Waals surface area contributed by atoms with Gasteiger partial charge in [-0.2, -0.15) is 13.2 Å². The van der Waals surface area contributed by atoms with Crippen LogP contribution < -0.4 is 5.56 Å². The molecule has 26 heavy (non-hydrogen) atoms. The van der Waals surface area contributed by atoms with Gasteiger partial charge in [0.05, 0.1) is 17.1 Å². The van der Waals surface area contributed by atoms with Gasteiger partial charge in [0.2, 0.25) is 5.91 Å². The van der Waals surface area contributed by atoms with Crippen molar-refractivity contribution in [1.82, 2.24) is 9.47 Å². The van der Waals surface area contributed by atoms with Crippen molar-refractivity contribution in [1.29, 1.82) is 0 Å². The lowest BCUT2D eigenvalue weighted by atomic mass is 10.2. The third-order valence-corrected chi connectivity index (χ3v) is 6.09. The molecule has 0 N–H and O–H groups in total. The maximum Gasteiger partial charge on any atom is 0.417 e. The molecule has 1 unspecified atom stereocenters. The third-order valence-electron chi connectivity index (χ3n) is 4.34. The van der Waals surface area contributed by atoms with Gasteiger partial charge in [0, 0.05) is 24.8 Å². The normalized spacial score (nSPS) is 19.5. The highest BCUT2D eigenvalue weighted by Crippen LogP contribution is 2.28. The molecule has 6 nitrogen and oxygen atoms in total. The second-order valence-corrected chi connectivity index (χ2v) is 8.61. The predicted molar refractivity (Wildman–Crippen MR) is 89.4 cm³/mol. The van der Waals surface area contributed by atoms with Gasteiger partial charge in [-0.05, 0) is 18.9 Å². The van der Waals surface area contributed by atoms with Gasteiger partial charge < -0.3 is 9.47 Å². The summed E-state index contributed by atoms with van der Waals surface area (Å²) in [5, 5.41) is 0. The Morgan fingerprint density at radius 2 is 2.04 bits per heavy atom. The number of rotatable bonds is 6. The van der Waals surface area contributed by atoms with Crippen LogP contribution in [0.25, 0.3) is 0 Å². The molecule has 0 bridgehead atoms. The Morgan fingerprint density at radius 3 is 2.58 bits per heavy atom. The lowest BCUT2D eigenvalue weighted by Gasteiger charge is -2.28. The highest BCUT2D eigenvalue weighted by Gasteiger charge is 2.35. The molecule has 0 aliphatic carbocycles. The standard InChI is InChI=1S/C16H21F3N2O4S/c1-2-3-7-21(13-6-8-26(24,25)11-13)15(23)10-20-9-12(16(17,18)19)4-5-14(20)22/h4-5,9,13H,2-3,6-8,10-11H2,1H3. The number of aromatic nitrogens is 1. The Morgan fingerprint density at radius 1 is 1.35 bits per heavy atom. The third kappa shape index (κ3) is 5.09. The minimum absolute atomic E-state index is 0.0168. The summed E-state index contributed by atoms with van der Waals surface area (Å²) in [6, 6.07) is 0.939. The topological polar surface area (TPSA) is 76.5 Å². The summed E-state index contributed by atoms with van der Waals surface area (Å²) >= 11 is 0. The molecule has 2 heterocycles. The lowest BCUT2D eigenvalue weighted by molar-refractivity contribution is -0.139. The van der Waals surface area contributed by atoms with Crippen LogP contribution in [0.2, 0.25) is 0 Å². The Hall–Kier alpha value is -1.84. The van der Waals surface area contributed by atoms with Crippen molar-refractivity contribution in [2.45, 2.75) is 44.9 Å². The van der Waals surface area contributed by atoms with Crippen LogP contribution in [0, 0.1) is 0 Å². The summed E-state index contributed by atoms with van der Waals surface area (Å²) in [6.45, 7) is 1.66. The van der Waals surface area contributed by atoms with Crippen LogP contribution in [0.5, 0.6) is 0 Å². The first-order valence-electron chi connectivity index (χ1n) is 8.31.